The minimum atomic E-state index is -4.55. The number of nitrogens with one attached hydrogen (secondary N) is 1. The maximum absolute atomic E-state index is 13.1. The summed E-state index contributed by atoms with van der Waals surface area (Å²) in [5, 5.41) is 2.66. The molecule has 0 radical (unpaired) electrons. The number of rotatable bonds is 4. The van der Waals surface area contributed by atoms with E-state index in [1.54, 1.807) is 4.90 Å². The molecule has 11 heteroatoms. The van der Waals surface area contributed by atoms with Crippen LogP contribution in [-0.4, -0.2) is 42.9 Å². The highest BCUT2D eigenvalue weighted by Crippen LogP contribution is 2.36. The number of alkyl halides is 3. The molecule has 1 unspecified atom stereocenters. The first-order valence-corrected chi connectivity index (χ1v) is 10.8. The summed E-state index contributed by atoms with van der Waals surface area (Å²) in [6, 6.07) is 4.26. The predicted octanol–water partition coefficient (Wildman–Crippen LogP) is 4.46. The molecule has 1 saturated heterocycles. The number of aromatic nitrogens is 2. The summed E-state index contributed by atoms with van der Waals surface area (Å²) < 4.78 is 63.4. The zero-order valence-corrected chi connectivity index (χ0v) is 17.8. The summed E-state index contributed by atoms with van der Waals surface area (Å²) in [6.07, 6.45) is -1.14. The second-order valence-electron chi connectivity index (χ2n) is 7.81. The van der Waals surface area contributed by atoms with E-state index in [2.05, 4.69) is 15.3 Å². The second kappa shape index (κ2) is 8.89. The molecular weight excluding hydrogens is 436 g/mol. The maximum Gasteiger partial charge on any atom is 0.433 e. The Balaban J connectivity index is 1.60. The highest BCUT2D eigenvalue weighted by atomic mass is 32.2. The van der Waals surface area contributed by atoms with Crippen LogP contribution in [0.3, 0.4) is 0 Å². The van der Waals surface area contributed by atoms with Crippen molar-refractivity contribution in [2.45, 2.75) is 42.5 Å². The van der Waals surface area contributed by atoms with Gasteiger partial charge in [0, 0.05) is 24.0 Å². The molecule has 3 heterocycles. The molecule has 0 spiro atoms. The van der Waals surface area contributed by atoms with Gasteiger partial charge >= 0.3 is 12.2 Å². The van der Waals surface area contributed by atoms with E-state index in [0.29, 0.717) is 31.6 Å². The van der Waals surface area contributed by atoms with Gasteiger partial charge in [-0.25, -0.2) is 9.78 Å². The quantitative estimate of drug-likeness (QED) is 0.542. The topological polar surface area (TPSA) is 75.2 Å². The Morgan fingerprint density at radius 1 is 1.10 bits per heavy atom. The summed E-state index contributed by atoms with van der Waals surface area (Å²) in [7, 11) is -1.57. The molecular formula is C20H22F4N4O2S. The Morgan fingerprint density at radius 3 is 2.29 bits per heavy atom. The van der Waals surface area contributed by atoms with E-state index in [4.69, 9.17) is 0 Å². The van der Waals surface area contributed by atoms with Crippen molar-refractivity contribution in [3.8, 4) is 0 Å². The molecule has 0 saturated carbocycles. The van der Waals surface area contributed by atoms with Gasteiger partial charge in [-0.1, -0.05) is 0 Å². The predicted molar refractivity (Wildman–Crippen MR) is 107 cm³/mol. The molecule has 1 fully saturated rings. The van der Waals surface area contributed by atoms with E-state index >= 15 is 0 Å². The van der Waals surface area contributed by atoms with Crippen LogP contribution in [0.15, 0.2) is 41.6 Å². The third-order valence-electron chi connectivity index (χ3n) is 5.46. The van der Waals surface area contributed by atoms with Gasteiger partial charge in [0.2, 0.25) is 5.95 Å². The third kappa shape index (κ3) is 5.38. The van der Waals surface area contributed by atoms with E-state index in [9.17, 15) is 26.6 Å². The fraction of sp³-hybridized carbons (Fsp3) is 0.450. The van der Waals surface area contributed by atoms with Crippen LogP contribution in [0, 0.1) is 11.9 Å². The van der Waals surface area contributed by atoms with Gasteiger partial charge in [-0.3, -0.25) is 9.19 Å². The van der Waals surface area contributed by atoms with Crippen molar-refractivity contribution in [1.82, 2.24) is 14.9 Å². The number of hydrogen-bond donors (Lipinski definition) is 1. The number of pyridine rings is 2. The lowest BCUT2D eigenvalue weighted by Gasteiger charge is -2.40. The molecule has 2 aromatic heterocycles. The van der Waals surface area contributed by atoms with Crippen molar-refractivity contribution in [2.24, 2.45) is 5.92 Å². The molecule has 1 atom stereocenters. The van der Waals surface area contributed by atoms with Gasteiger partial charge in [-0.2, -0.15) is 17.6 Å². The van der Waals surface area contributed by atoms with Crippen molar-refractivity contribution in [3.05, 3.63) is 48.3 Å². The zero-order valence-electron chi connectivity index (χ0n) is 16.9. The van der Waals surface area contributed by atoms with Crippen molar-refractivity contribution in [3.63, 3.8) is 0 Å². The van der Waals surface area contributed by atoms with E-state index in [0.717, 1.165) is 18.3 Å². The van der Waals surface area contributed by atoms with Crippen molar-refractivity contribution < 1.29 is 26.6 Å². The van der Waals surface area contributed by atoms with Crippen LogP contribution in [-0.2, 0) is 17.0 Å². The Kier molecular flexibility index (Phi) is 6.63. The number of nitrogens with zero attached hydrogens (tertiary/aromatic N) is 3. The Morgan fingerprint density at radius 2 is 1.77 bits per heavy atom. The minimum Gasteiger partial charge on any atom is -0.325 e. The normalized spacial score (nSPS) is 16.8. The first-order valence-electron chi connectivity index (χ1n) is 9.61. The fourth-order valence-corrected chi connectivity index (χ4v) is 5.03. The molecule has 31 heavy (non-hydrogen) atoms. The molecule has 0 bridgehead atoms. The standard InChI is InChI=1S/C20H22F4N4O2S/c1-19(2,31(30)15-4-5-16(25-12-15)20(22,23)24)13-7-9-28(10-8-13)18(29)27-14-3-6-17(21)26-11-14/h3-6,11-13H,7-10H2,1-2H3,(H,27,29). The second-order valence-corrected chi connectivity index (χ2v) is 9.87. The molecule has 1 aliphatic heterocycles. The number of carbonyl (C=O) groups is 1. The highest BCUT2D eigenvalue weighted by Gasteiger charge is 2.39. The van der Waals surface area contributed by atoms with Crippen molar-refractivity contribution in [1.29, 1.82) is 0 Å². The van der Waals surface area contributed by atoms with Gasteiger partial charge in [0.1, 0.15) is 5.69 Å². The number of anilines is 1. The first kappa shape index (κ1) is 23.1. The van der Waals surface area contributed by atoms with Crippen LogP contribution < -0.4 is 5.32 Å². The third-order valence-corrected chi connectivity index (χ3v) is 7.42. The summed E-state index contributed by atoms with van der Waals surface area (Å²) in [6.45, 7) is 4.48. The summed E-state index contributed by atoms with van der Waals surface area (Å²) in [5.41, 5.74) is -0.647. The van der Waals surface area contributed by atoms with E-state index < -0.39 is 33.4 Å². The van der Waals surface area contributed by atoms with Gasteiger partial charge in [0.05, 0.1) is 27.6 Å². The monoisotopic (exact) mass is 458 g/mol. The molecule has 6 nitrogen and oxygen atoms in total. The summed E-state index contributed by atoms with van der Waals surface area (Å²) in [5.74, 6) is -0.649. The number of piperidine rings is 1. The van der Waals surface area contributed by atoms with Crippen LogP contribution in [0.2, 0.25) is 0 Å². The molecule has 1 N–H and O–H groups in total. The summed E-state index contributed by atoms with van der Waals surface area (Å²) >= 11 is 0. The number of amides is 2. The number of halogens is 4. The average Bonchev–Trinajstić information content (AvgIpc) is 2.74. The summed E-state index contributed by atoms with van der Waals surface area (Å²) in [4.78, 5) is 21.1. The lowest BCUT2D eigenvalue weighted by atomic mass is 9.86. The molecule has 0 aromatic carbocycles. The van der Waals surface area contributed by atoms with Crippen LogP contribution in [0.25, 0.3) is 0 Å². The van der Waals surface area contributed by atoms with Gasteiger partial charge in [-0.15, -0.1) is 0 Å². The number of urea groups is 1. The van der Waals surface area contributed by atoms with Crippen LogP contribution in [0.4, 0.5) is 28.0 Å². The Bertz CT molecular complexity index is 941. The number of likely N-dealkylation sites (tertiary alicyclic amines) is 1. The van der Waals surface area contributed by atoms with E-state index in [1.807, 2.05) is 13.8 Å². The fourth-order valence-electron chi connectivity index (χ4n) is 3.54. The maximum atomic E-state index is 13.1. The Hall–Kier alpha value is -2.56. The molecule has 2 aromatic rings. The Labute approximate surface area is 179 Å². The lowest BCUT2D eigenvalue weighted by molar-refractivity contribution is -0.141. The van der Waals surface area contributed by atoms with Crippen LogP contribution in [0.1, 0.15) is 32.4 Å². The molecule has 1 aliphatic rings. The van der Waals surface area contributed by atoms with Gasteiger partial charge in [-0.05, 0) is 56.9 Å². The zero-order chi connectivity index (χ0) is 22.8. The SMILES string of the molecule is CC(C)(C1CCN(C(=O)Nc2ccc(F)nc2)CC1)S(=O)c1ccc(C(F)(F)F)nc1. The smallest absolute Gasteiger partial charge is 0.325 e. The lowest BCUT2D eigenvalue weighted by Crippen LogP contribution is -2.47. The molecule has 2 amide bonds. The van der Waals surface area contributed by atoms with Gasteiger partial charge in [0.25, 0.3) is 0 Å². The first-order chi connectivity index (χ1) is 14.5. The largest absolute Gasteiger partial charge is 0.433 e. The van der Waals surface area contributed by atoms with Crippen molar-refractivity contribution in [2.75, 3.05) is 18.4 Å². The van der Waals surface area contributed by atoms with E-state index in [-0.39, 0.29) is 16.8 Å². The van der Waals surface area contributed by atoms with Gasteiger partial charge in [0.15, 0.2) is 0 Å². The van der Waals surface area contributed by atoms with Crippen LogP contribution in [0.5, 0.6) is 0 Å². The molecule has 168 valence electrons. The van der Waals surface area contributed by atoms with Crippen LogP contribution >= 0.6 is 0 Å². The molecule has 3 rings (SSSR count). The highest BCUT2D eigenvalue weighted by molar-refractivity contribution is 7.86. The minimum absolute atomic E-state index is 0.00726. The number of hydrogen-bond acceptors (Lipinski definition) is 4. The number of carbonyl (C=O) groups excluding carboxylic acids is 1. The van der Waals surface area contributed by atoms with Crippen molar-refractivity contribution >= 4 is 22.5 Å². The van der Waals surface area contributed by atoms with Gasteiger partial charge < -0.3 is 10.2 Å². The van der Waals surface area contributed by atoms with E-state index in [1.165, 1.54) is 18.3 Å². The molecule has 0 aliphatic carbocycles. The average molecular weight is 458 g/mol.